The zero-order valence-electron chi connectivity index (χ0n) is 12.1. The first-order chi connectivity index (χ1) is 10.2. The Labute approximate surface area is 132 Å². The third kappa shape index (κ3) is 3.14. The standard InChI is InChI=1S/C16H19BrN2O2/c1-2-13-9-16(21-18-13)14-4-3-7-19(14)10-11-8-12(17)5-6-15(11)20/h5-6,8-9,14,20H,2-4,7,10H2,1H3/t14-/m1/s1. The topological polar surface area (TPSA) is 49.5 Å². The lowest BCUT2D eigenvalue weighted by molar-refractivity contribution is 0.204. The molecule has 0 aliphatic carbocycles. The normalized spacial score (nSPS) is 19.2. The minimum atomic E-state index is 0.260. The minimum Gasteiger partial charge on any atom is -0.508 e. The van der Waals surface area contributed by atoms with Gasteiger partial charge in [0.05, 0.1) is 11.7 Å². The van der Waals surface area contributed by atoms with Crippen molar-refractivity contribution >= 4 is 15.9 Å². The number of phenols is 1. The van der Waals surface area contributed by atoms with Crippen LogP contribution in [0.1, 0.15) is 42.8 Å². The molecule has 1 aliphatic rings. The fourth-order valence-corrected chi connectivity index (χ4v) is 3.30. The summed E-state index contributed by atoms with van der Waals surface area (Å²) in [4.78, 5) is 2.35. The van der Waals surface area contributed by atoms with Gasteiger partial charge in [0, 0.05) is 22.6 Å². The average Bonchev–Trinajstić information content (AvgIpc) is 3.11. The van der Waals surface area contributed by atoms with Crippen LogP contribution < -0.4 is 0 Å². The van der Waals surface area contributed by atoms with Crippen LogP contribution in [0, 0.1) is 0 Å². The van der Waals surface area contributed by atoms with E-state index in [1.54, 1.807) is 6.07 Å². The van der Waals surface area contributed by atoms with Crippen LogP contribution in [0.15, 0.2) is 33.3 Å². The van der Waals surface area contributed by atoms with Gasteiger partial charge in [-0.1, -0.05) is 28.0 Å². The van der Waals surface area contributed by atoms with E-state index in [1.165, 1.54) is 0 Å². The van der Waals surface area contributed by atoms with Crippen molar-refractivity contribution in [2.24, 2.45) is 0 Å². The molecule has 112 valence electrons. The Morgan fingerprint density at radius 3 is 3.05 bits per heavy atom. The highest BCUT2D eigenvalue weighted by Gasteiger charge is 2.29. The number of halogens is 1. The van der Waals surface area contributed by atoms with E-state index >= 15 is 0 Å². The molecule has 0 amide bonds. The van der Waals surface area contributed by atoms with Gasteiger partial charge in [-0.15, -0.1) is 0 Å². The van der Waals surface area contributed by atoms with E-state index in [0.29, 0.717) is 5.75 Å². The van der Waals surface area contributed by atoms with Gasteiger partial charge in [0.1, 0.15) is 5.75 Å². The van der Waals surface area contributed by atoms with Gasteiger partial charge in [0.25, 0.3) is 0 Å². The summed E-state index contributed by atoms with van der Waals surface area (Å²) in [6.07, 6.45) is 3.11. The highest BCUT2D eigenvalue weighted by Crippen LogP contribution is 2.35. The summed E-state index contributed by atoms with van der Waals surface area (Å²) < 4.78 is 6.48. The van der Waals surface area contributed by atoms with E-state index in [0.717, 1.165) is 53.8 Å². The van der Waals surface area contributed by atoms with Gasteiger partial charge < -0.3 is 9.63 Å². The first-order valence-corrected chi connectivity index (χ1v) is 8.13. The molecule has 1 fully saturated rings. The maximum Gasteiger partial charge on any atom is 0.154 e. The number of benzene rings is 1. The van der Waals surface area contributed by atoms with Gasteiger partial charge >= 0.3 is 0 Å². The summed E-state index contributed by atoms with van der Waals surface area (Å²) in [5.74, 6) is 1.29. The molecule has 2 heterocycles. The van der Waals surface area contributed by atoms with Gasteiger partial charge in [-0.2, -0.15) is 0 Å². The number of likely N-dealkylation sites (tertiary alicyclic amines) is 1. The van der Waals surface area contributed by atoms with Gasteiger partial charge in [0.2, 0.25) is 0 Å². The van der Waals surface area contributed by atoms with Crippen LogP contribution in [0.2, 0.25) is 0 Å². The van der Waals surface area contributed by atoms with Crippen molar-refractivity contribution in [3.8, 4) is 5.75 Å². The summed E-state index contributed by atoms with van der Waals surface area (Å²) >= 11 is 3.46. The zero-order valence-corrected chi connectivity index (χ0v) is 13.6. The first kappa shape index (κ1) is 14.6. The van der Waals surface area contributed by atoms with E-state index in [-0.39, 0.29) is 6.04 Å². The molecular formula is C16H19BrN2O2. The Balaban J connectivity index is 1.79. The second kappa shape index (κ2) is 6.20. The molecule has 0 radical (unpaired) electrons. The second-order valence-corrected chi connectivity index (χ2v) is 6.39. The van der Waals surface area contributed by atoms with E-state index in [4.69, 9.17) is 4.52 Å². The summed E-state index contributed by atoms with van der Waals surface area (Å²) in [5, 5.41) is 14.1. The molecule has 0 bridgehead atoms. The van der Waals surface area contributed by atoms with Gasteiger partial charge in [-0.25, -0.2) is 0 Å². The number of aryl methyl sites for hydroxylation is 1. The number of aromatic nitrogens is 1. The Morgan fingerprint density at radius 2 is 2.29 bits per heavy atom. The third-order valence-electron chi connectivity index (χ3n) is 4.05. The number of phenolic OH excluding ortho intramolecular Hbond substituents is 1. The number of hydrogen-bond donors (Lipinski definition) is 1. The Hall–Kier alpha value is -1.33. The molecule has 4 nitrogen and oxygen atoms in total. The predicted molar refractivity (Wildman–Crippen MR) is 84.1 cm³/mol. The average molecular weight is 351 g/mol. The van der Waals surface area contributed by atoms with Crippen LogP contribution in [0.4, 0.5) is 0 Å². The third-order valence-corrected chi connectivity index (χ3v) is 4.54. The molecule has 1 atom stereocenters. The number of nitrogens with zero attached hydrogens (tertiary/aromatic N) is 2. The molecule has 0 unspecified atom stereocenters. The summed E-state index contributed by atoms with van der Waals surface area (Å²) in [7, 11) is 0. The molecule has 1 saturated heterocycles. The van der Waals surface area contributed by atoms with Crippen molar-refractivity contribution in [1.29, 1.82) is 0 Å². The molecular weight excluding hydrogens is 332 g/mol. The second-order valence-electron chi connectivity index (χ2n) is 5.48. The Bertz CT molecular complexity index is 626. The largest absolute Gasteiger partial charge is 0.508 e. The van der Waals surface area contributed by atoms with E-state index in [2.05, 4.69) is 39.0 Å². The monoisotopic (exact) mass is 350 g/mol. The molecule has 1 aromatic carbocycles. The molecule has 2 aromatic rings. The van der Waals surface area contributed by atoms with E-state index in [9.17, 15) is 5.11 Å². The van der Waals surface area contributed by atoms with Crippen molar-refractivity contribution in [2.75, 3.05) is 6.54 Å². The highest BCUT2D eigenvalue weighted by atomic mass is 79.9. The van der Waals surface area contributed by atoms with Gasteiger partial charge in [0.15, 0.2) is 5.76 Å². The van der Waals surface area contributed by atoms with Crippen molar-refractivity contribution < 1.29 is 9.63 Å². The van der Waals surface area contributed by atoms with Crippen molar-refractivity contribution in [3.05, 3.63) is 45.8 Å². The maximum absolute atomic E-state index is 10.0. The molecule has 21 heavy (non-hydrogen) atoms. The lowest BCUT2D eigenvalue weighted by Gasteiger charge is -2.22. The number of rotatable bonds is 4. The molecule has 3 rings (SSSR count). The molecule has 5 heteroatoms. The number of hydrogen-bond acceptors (Lipinski definition) is 4. The van der Waals surface area contributed by atoms with Crippen LogP contribution in [0.25, 0.3) is 0 Å². The quantitative estimate of drug-likeness (QED) is 0.903. The molecule has 1 aromatic heterocycles. The fraction of sp³-hybridized carbons (Fsp3) is 0.438. The van der Waals surface area contributed by atoms with Gasteiger partial charge in [-0.05, 0) is 44.0 Å². The lowest BCUT2D eigenvalue weighted by Crippen LogP contribution is -2.22. The first-order valence-electron chi connectivity index (χ1n) is 7.34. The molecule has 1 N–H and O–H groups in total. The number of aromatic hydroxyl groups is 1. The van der Waals surface area contributed by atoms with Gasteiger partial charge in [-0.3, -0.25) is 4.90 Å². The summed E-state index contributed by atoms with van der Waals surface area (Å²) in [5.41, 5.74) is 1.94. The zero-order chi connectivity index (χ0) is 14.8. The lowest BCUT2D eigenvalue weighted by atomic mass is 10.1. The molecule has 1 aliphatic heterocycles. The van der Waals surface area contributed by atoms with Crippen LogP contribution >= 0.6 is 15.9 Å². The van der Waals surface area contributed by atoms with Crippen LogP contribution in [0.3, 0.4) is 0 Å². The van der Waals surface area contributed by atoms with Crippen LogP contribution in [-0.2, 0) is 13.0 Å². The molecule has 0 spiro atoms. The summed E-state index contributed by atoms with van der Waals surface area (Å²) in [6, 6.07) is 7.88. The van der Waals surface area contributed by atoms with Crippen LogP contribution in [-0.4, -0.2) is 21.7 Å². The predicted octanol–water partition coefficient (Wildman–Crippen LogP) is 4.04. The smallest absolute Gasteiger partial charge is 0.154 e. The van der Waals surface area contributed by atoms with E-state index in [1.807, 2.05) is 12.1 Å². The fourth-order valence-electron chi connectivity index (χ4n) is 2.89. The Kier molecular flexibility index (Phi) is 4.31. The van der Waals surface area contributed by atoms with Crippen molar-refractivity contribution in [2.45, 2.75) is 38.8 Å². The Morgan fingerprint density at radius 1 is 1.43 bits per heavy atom. The van der Waals surface area contributed by atoms with E-state index < -0.39 is 0 Å². The van der Waals surface area contributed by atoms with Crippen molar-refractivity contribution in [3.63, 3.8) is 0 Å². The van der Waals surface area contributed by atoms with Crippen molar-refractivity contribution in [1.82, 2.24) is 10.1 Å². The summed E-state index contributed by atoms with van der Waals surface area (Å²) in [6.45, 7) is 3.81. The maximum atomic E-state index is 10.0. The minimum absolute atomic E-state index is 0.260. The highest BCUT2D eigenvalue weighted by molar-refractivity contribution is 9.10. The van der Waals surface area contributed by atoms with Crippen LogP contribution in [0.5, 0.6) is 5.75 Å². The molecule has 0 saturated carbocycles. The SMILES string of the molecule is CCc1cc([C@H]2CCCN2Cc2cc(Br)ccc2O)on1.